The minimum Gasteiger partial charge on any atom is -0.496 e. The van der Waals surface area contributed by atoms with Gasteiger partial charge in [-0.05, 0) is 35.9 Å². The number of carboxylic acids is 1. The van der Waals surface area contributed by atoms with E-state index in [9.17, 15) is 18.0 Å². The summed E-state index contributed by atoms with van der Waals surface area (Å²) in [6.07, 6.45) is -4.75. The molecule has 0 aliphatic heterocycles. The summed E-state index contributed by atoms with van der Waals surface area (Å²) in [5.41, 5.74) is 1.19. The Hall–Kier alpha value is -2.70. The smallest absolute Gasteiger partial charge is 0.496 e. The second-order valence-electron chi connectivity index (χ2n) is 4.29. The van der Waals surface area contributed by atoms with Crippen molar-refractivity contribution in [3.63, 3.8) is 0 Å². The van der Waals surface area contributed by atoms with Crippen molar-refractivity contribution in [2.75, 3.05) is 7.11 Å². The number of ether oxygens (including phenoxy) is 2. The van der Waals surface area contributed by atoms with Gasteiger partial charge in [0, 0.05) is 5.56 Å². The topological polar surface area (TPSA) is 55.8 Å². The lowest BCUT2D eigenvalue weighted by Gasteiger charge is -2.12. The fourth-order valence-corrected chi connectivity index (χ4v) is 1.90. The third kappa shape index (κ3) is 3.69. The monoisotopic (exact) mass is 312 g/mol. The molecule has 1 N–H and O–H groups in total. The van der Waals surface area contributed by atoms with Crippen LogP contribution in [0.4, 0.5) is 13.2 Å². The second-order valence-corrected chi connectivity index (χ2v) is 4.29. The number of methoxy groups -OCH3 is 1. The minimum absolute atomic E-state index is 0.0534. The van der Waals surface area contributed by atoms with Crippen LogP contribution in [-0.4, -0.2) is 24.5 Å². The summed E-state index contributed by atoms with van der Waals surface area (Å²) in [7, 11) is 1.38. The van der Waals surface area contributed by atoms with E-state index in [0.29, 0.717) is 16.9 Å². The molecule has 22 heavy (non-hydrogen) atoms. The minimum atomic E-state index is -4.75. The molecule has 0 heterocycles. The predicted octanol–water partition coefficient (Wildman–Crippen LogP) is 3.96. The van der Waals surface area contributed by atoms with Gasteiger partial charge in [0.05, 0.1) is 12.7 Å². The van der Waals surface area contributed by atoms with Crippen LogP contribution in [-0.2, 0) is 0 Å². The zero-order valence-electron chi connectivity index (χ0n) is 11.3. The molecular formula is C15H11F3O4. The molecule has 7 heteroatoms. The molecule has 116 valence electrons. The Bertz CT molecular complexity index is 678. The molecule has 2 aromatic carbocycles. The molecule has 0 radical (unpaired) electrons. The Morgan fingerprint density at radius 2 is 1.73 bits per heavy atom. The van der Waals surface area contributed by atoms with Crippen LogP contribution in [0.3, 0.4) is 0 Å². The van der Waals surface area contributed by atoms with E-state index in [2.05, 4.69) is 4.74 Å². The summed E-state index contributed by atoms with van der Waals surface area (Å²) in [6, 6.07) is 9.47. The van der Waals surface area contributed by atoms with E-state index in [1.807, 2.05) is 0 Å². The van der Waals surface area contributed by atoms with E-state index in [-0.39, 0.29) is 11.3 Å². The summed E-state index contributed by atoms with van der Waals surface area (Å²) in [5, 5.41) is 8.93. The third-order valence-corrected chi connectivity index (χ3v) is 2.85. The van der Waals surface area contributed by atoms with Crippen LogP contribution in [0.15, 0.2) is 42.5 Å². The Labute approximate surface area is 123 Å². The molecule has 0 fully saturated rings. The van der Waals surface area contributed by atoms with Crippen molar-refractivity contribution in [1.29, 1.82) is 0 Å². The van der Waals surface area contributed by atoms with E-state index >= 15 is 0 Å². The van der Waals surface area contributed by atoms with Crippen LogP contribution in [0.5, 0.6) is 11.5 Å². The molecule has 0 aromatic heterocycles. The number of aromatic carboxylic acids is 1. The Balaban J connectivity index is 2.34. The lowest BCUT2D eigenvalue weighted by Crippen LogP contribution is -2.16. The fourth-order valence-electron chi connectivity index (χ4n) is 1.90. The maximum absolute atomic E-state index is 12.1. The number of hydrogen-bond donors (Lipinski definition) is 1. The van der Waals surface area contributed by atoms with E-state index in [0.717, 1.165) is 0 Å². The zero-order chi connectivity index (χ0) is 16.3. The highest BCUT2D eigenvalue weighted by Crippen LogP contribution is 2.32. The molecule has 2 aromatic rings. The lowest BCUT2D eigenvalue weighted by atomic mass is 10.0. The first-order valence-electron chi connectivity index (χ1n) is 6.07. The fraction of sp³-hybridized carbons (Fsp3) is 0.133. The molecule has 0 spiro atoms. The van der Waals surface area contributed by atoms with Gasteiger partial charge in [-0.25, -0.2) is 4.79 Å². The molecule has 0 saturated heterocycles. The number of benzene rings is 2. The summed E-state index contributed by atoms with van der Waals surface area (Å²) >= 11 is 0. The van der Waals surface area contributed by atoms with Crippen LogP contribution < -0.4 is 9.47 Å². The number of alkyl halides is 3. The number of carbonyl (C=O) groups is 1. The SMILES string of the molecule is COc1cc(C(=O)O)ccc1-c1ccc(OC(F)(F)F)cc1. The van der Waals surface area contributed by atoms with Crippen LogP contribution >= 0.6 is 0 Å². The predicted molar refractivity (Wildman–Crippen MR) is 72.1 cm³/mol. The summed E-state index contributed by atoms with van der Waals surface area (Å²) in [6.45, 7) is 0. The van der Waals surface area contributed by atoms with Gasteiger partial charge in [-0.15, -0.1) is 13.2 Å². The number of halogens is 3. The van der Waals surface area contributed by atoms with Crippen molar-refractivity contribution in [3.05, 3.63) is 48.0 Å². The highest BCUT2D eigenvalue weighted by atomic mass is 19.4. The number of rotatable bonds is 4. The molecule has 0 atom stereocenters. The Kier molecular flexibility index (Phi) is 4.25. The van der Waals surface area contributed by atoms with Crippen molar-refractivity contribution in [2.45, 2.75) is 6.36 Å². The highest BCUT2D eigenvalue weighted by Gasteiger charge is 2.31. The van der Waals surface area contributed by atoms with Gasteiger partial charge in [-0.2, -0.15) is 0 Å². The van der Waals surface area contributed by atoms with Crippen molar-refractivity contribution in [2.24, 2.45) is 0 Å². The van der Waals surface area contributed by atoms with Gasteiger partial charge in [0.2, 0.25) is 0 Å². The third-order valence-electron chi connectivity index (χ3n) is 2.85. The van der Waals surface area contributed by atoms with Gasteiger partial charge in [0.25, 0.3) is 0 Å². The molecule has 0 aliphatic carbocycles. The number of hydrogen-bond acceptors (Lipinski definition) is 3. The average Bonchev–Trinajstić information content (AvgIpc) is 2.45. The molecule has 4 nitrogen and oxygen atoms in total. The molecule has 0 aliphatic rings. The second kappa shape index (κ2) is 5.97. The first kappa shape index (κ1) is 15.7. The first-order valence-corrected chi connectivity index (χ1v) is 6.07. The molecule has 2 rings (SSSR count). The van der Waals surface area contributed by atoms with Crippen LogP contribution in [0.2, 0.25) is 0 Å². The van der Waals surface area contributed by atoms with Gasteiger partial charge in [-0.1, -0.05) is 12.1 Å². The molecule has 0 saturated carbocycles. The van der Waals surface area contributed by atoms with Crippen molar-refractivity contribution >= 4 is 5.97 Å². The van der Waals surface area contributed by atoms with Gasteiger partial charge in [0.15, 0.2) is 0 Å². The van der Waals surface area contributed by atoms with Crippen molar-refractivity contribution in [1.82, 2.24) is 0 Å². The molecular weight excluding hydrogens is 301 g/mol. The van der Waals surface area contributed by atoms with Gasteiger partial charge in [-0.3, -0.25) is 0 Å². The average molecular weight is 312 g/mol. The molecule has 0 unspecified atom stereocenters. The van der Waals surface area contributed by atoms with Gasteiger partial charge < -0.3 is 14.6 Å². The van der Waals surface area contributed by atoms with Crippen molar-refractivity contribution < 1.29 is 32.5 Å². The standard InChI is InChI=1S/C15H11F3O4/c1-21-13-8-10(14(19)20)4-7-12(13)9-2-5-11(6-3-9)22-15(16,17)18/h2-8H,1H3,(H,19,20). The summed E-state index contributed by atoms with van der Waals surface area (Å²) in [5.74, 6) is -1.12. The maximum Gasteiger partial charge on any atom is 0.573 e. The zero-order valence-corrected chi connectivity index (χ0v) is 11.3. The lowest BCUT2D eigenvalue weighted by molar-refractivity contribution is -0.274. The van der Waals surface area contributed by atoms with Crippen molar-refractivity contribution in [3.8, 4) is 22.6 Å². The quantitative estimate of drug-likeness (QED) is 0.928. The largest absolute Gasteiger partial charge is 0.573 e. The van der Waals surface area contributed by atoms with Gasteiger partial charge >= 0.3 is 12.3 Å². The summed E-state index contributed by atoms with van der Waals surface area (Å²) < 4.78 is 45.2. The van der Waals surface area contributed by atoms with Crippen LogP contribution in [0.25, 0.3) is 11.1 Å². The van der Waals surface area contributed by atoms with Gasteiger partial charge in [0.1, 0.15) is 11.5 Å². The van der Waals surface area contributed by atoms with Crippen LogP contribution in [0, 0.1) is 0 Å². The molecule has 0 amide bonds. The Morgan fingerprint density at radius 1 is 1.09 bits per heavy atom. The summed E-state index contributed by atoms with van der Waals surface area (Å²) in [4.78, 5) is 10.9. The van der Waals surface area contributed by atoms with E-state index in [4.69, 9.17) is 9.84 Å². The normalized spacial score (nSPS) is 11.1. The van der Waals surface area contributed by atoms with E-state index < -0.39 is 12.3 Å². The maximum atomic E-state index is 12.1. The van der Waals surface area contributed by atoms with E-state index in [1.165, 1.54) is 49.6 Å². The van der Waals surface area contributed by atoms with E-state index in [1.54, 1.807) is 0 Å². The van der Waals surface area contributed by atoms with Crippen LogP contribution in [0.1, 0.15) is 10.4 Å². The molecule has 0 bridgehead atoms. The highest BCUT2D eigenvalue weighted by molar-refractivity contribution is 5.89. The number of carboxylic acid groups (broad SMARTS) is 1. The first-order chi connectivity index (χ1) is 10.3. The Morgan fingerprint density at radius 3 is 2.23 bits per heavy atom.